The Balaban J connectivity index is 2.48. The molecule has 0 heterocycles. The van der Waals surface area contributed by atoms with Crippen LogP contribution in [0.4, 0.5) is 0 Å². The van der Waals surface area contributed by atoms with E-state index in [1.54, 1.807) is 0 Å². The molecule has 72 valence electrons. The standard InChI is InChI=1S/C11H17NO/c1-3-8-13-11-6-4-10(5-7-11)9-12-2/h4-7H,2-3,8-9,12H2,1H3. The Hall–Kier alpha value is -1.02. The van der Waals surface area contributed by atoms with E-state index in [1.807, 2.05) is 17.4 Å². The summed E-state index contributed by atoms with van der Waals surface area (Å²) in [5, 5.41) is 1.90. The topological polar surface area (TPSA) is 25.8 Å². The highest BCUT2D eigenvalue weighted by Crippen LogP contribution is 2.11. The number of hydrogen-bond donors (Lipinski definition) is 1. The smallest absolute Gasteiger partial charge is 0.119 e. The summed E-state index contributed by atoms with van der Waals surface area (Å²) in [6.45, 7) is 3.82. The number of hydrogen-bond acceptors (Lipinski definition) is 1. The Morgan fingerprint density at radius 3 is 2.54 bits per heavy atom. The van der Waals surface area contributed by atoms with Gasteiger partial charge in [0.25, 0.3) is 0 Å². The first kappa shape index (κ1) is 10.1. The van der Waals surface area contributed by atoms with Gasteiger partial charge < -0.3 is 10.1 Å². The molecule has 0 spiro atoms. The van der Waals surface area contributed by atoms with Crippen molar-refractivity contribution in [2.45, 2.75) is 19.9 Å². The van der Waals surface area contributed by atoms with E-state index in [0.29, 0.717) is 0 Å². The molecule has 1 aromatic carbocycles. The van der Waals surface area contributed by atoms with Crippen molar-refractivity contribution in [3.63, 3.8) is 0 Å². The molecule has 0 unspecified atom stereocenters. The van der Waals surface area contributed by atoms with E-state index in [-0.39, 0.29) is 0 Å². The number of ether oxygens (including phenoxy) is 1. The van der Waals surface area contributed by atoms with Crippen LogP contribution in [-0.2, 0) is 6.54 Å². The Morgan fingerprint density at radius 2 is 2.00 bits per heavy atom. The van der Waals surface area contributed by atoms with E-state index < -0.39 is 0 Å². The molecule has 0 aliphatic heterocycles. The van der Waals surface area contributed by atoms with E-state index in [1.165, 1.54) is 5.56 Å². The fraction of sp³-hybridized carbons (Fsp3) is 0.364. The highest BCUT2D eigenvalue weighted by Gasteiger charge is 1.93. The molecule has 0 amide bonds. The molecule has 0 aliphatic rings. The molecular formula is C11H17NO. The van der Waals surface area contributed by atoms with Gasteiger partial charge in [-0.15, -0.1) is 0 Å². The minimum Gasteiger partial charge on any atom is -0.494 e. The second-order valence-corrected chi connectivity index (χ2v) is 2.99. The summed E-state index contributed by atoms with van der Waals surface area (Å²) < 4.78 is 5.46. The molecule has 2 nitrogen and oxygen atoms in total. The molecule has 1 aromatic rings. The zero-order valence-corrected chi connectivity index (χ0v) is 8.12. The fourth-order valence-corrected chi connectivity index (χ4v) is 1.11. The third-order valence-corrected chi connectivity index (χ3v) is 1.78. The molecule has 0 atom stereocenters. The van der Waals surface area contributed by atoms with Gasteiger partial charge in [0.1, 0.15) is 5.75 Å². The molecule has 0 bridgehead atoms. The molecule has 0 fully saturated rings. The first-order chi connectivity index (χ1) is 6.36. The second-order valence-electron chi connectivity index (χ2n) is 2.99. The van der Waals surface area contributed by atoms with E-state index in [0.717, 1.165) is 25.3 Å². The van der Waals surface area contributed by atoms with Crippen LogP contribution in [0.3, 0.4) is 0 Å². The Bertz CT molecular complexity index is 230. The highest BCUT2D eigenvalue weighted by molar-refractivity contribution is 5.26. The lowest BCUT2D eigenvalue weighted by molar-refractivity contribution is -0.612. The van der Waals surface area contributed by atoms with Crippen molar-refractivity contribution in [3.8, 4) is 5.75 Å². The molecule has 13 heavy (non-hydrogen) atoms. The van der Waals surface area contributed by atoms with Gasteiger partial charge in [0.2, 0.25) is 0 Å². The van der Waals surface area contributed by atoms with Gasteiger partial charge in [-0.05, 0) is 30.7 Å². The summed E-state index contributed by atoms with van der Waals surface area (Å²) in [6, 6.07) is 8.17. The minimum atomic E-state index is 0.792. The summed E-state index contributed by atoms with van der Waals surface area (Å²) in [5.41, 5.74) is 1.28. The molecule has 0 aliphatic carbocycles. The van der Waals surface area contributed by atoms with Crippen LogP contribution in [0.25, 0.3) is 0 Å². The summed E-state index contributed by atoms with van der Waals surface area (Å²) >= 11 is 0. The number of benzene rings is 1. The highest BCUT2D eigenvalue weighted by atomic mass is 16.5. The molecular weight excluding hydrogens is 162 g/mol. The van der Waals surface area contributed by atoms with Crippen molar-refractivity contribution in [2.75, 3.05) is 6.61 Å². The van der Waals surface area contributed by atoms with Crippen LogP contribution in [0.5, 0.6) is 5.75 Å². The van der Waals surface area contributed by atoms with Gasteiger partial charge in [0.15, 0.2) is 0 Å². The van der Waals surface area contributed by atoms with E-state index >= 15 is 0 Å². The SMILES string of the molecule is [CH2-][NH2+]Cc1ccc(OCCC)cc1. The van der Waals surface area contributed by atoms with Gasteiger partial charge >= 0.3 is 0 Å². The second kappa shape index (κ2) is 5.60. The van der Waals surface area contributed by atoms with Crippen molar-refractivity contribution in [3.05, 3.63) is 36.9 Å². The predicted octanol–water partition coefficient (Wildman–Crippen LogP) is 1.33. The normalized spacial score (nSPS) is 10.0. The molecule has 0 saturated carbocycles. The van der Waals surface area contributed by atoms with Gasteiger partial charge in [-0.1, -0.05) is 6.92 Å². The van der Waals surface area contributed by atoms with E-state index in [2.05, 4.69) is 26.1 Å². The Morgan fingerprint density at radius 1 is 1.31 bits per heavy atom. The number of quaternary nitrogens is 1. The molecule has 2 N–H and O–H groups in total. The maximum atomic E-state index is 5.46. The van der Waals surface area contributed by atoms with Gasteiger partial charge in [-0.3, -0.25) is 0 Å². The summed E-state index contributed by atoms with van der Waals surface area (Å²) in [5.74, 6) is 0.953. The number of rotatable bonds is 5. The van der Waals surface area contributed by atoms with E-state index in [4.69, 9.17) is 4.74 Å². The molecule has 1 rings (SSSR count). The van der Waals surface area contributed by atoms with Crippen molar-refractivity contribution in [2.24, 2.45) is 0 Å². The average Bonchev–Trinajstić information content (AvgIpc) is 2.17. The van der Waals surface area contributed by atoms with E-state index in [9.17, 15) is 0 Å². The van der Waals surface area contributed by atoms with Crippen molar-refractivity contribution in [1.29, 1.82) is 0 Å². The van der Waals surface area contributed by atoms with Crippen LogP contribution in [0, 0.1) is 7.05 Å². The first-order valence-electron chi connectivity index (χ1n) is 4.69. The quantitative estimate of drug-likeness (QED) is 0.678. The first-order valence-corrected chi connectivity index (χ1v) is 4.69. The third-order valence-electron chi connectivity index (χ3n) is 1.78. The minimum absolute atomic E-state index is 0.792. The van der Waals surface area contributed by atoms with Gasteiger partial charge in [-0.2, -0.15) is 7.05 Å². The van der Waals surface area contributed by atoms with Crippen molar-refractivity contribution < 1.29 is 10.1 Å². The fourth-order valence-electron chi connectivity index (χ4n) is 1.11. The third kappa shape index (κ3) is 3.47. The maximum absolute atomic E-state index is 5.46. The lowest BCUT2D eigenvalue weighted by Gasteiger charge is -2.05. The average molecular weight is 179 g/mol. The largest absolute Gasteiger partial charge is 0.494 e. The Kier molecular flexibility index (Phi) is 4.33. The summed E-state index contributed by atoms with van der Waals surface area (Å²) in [6.07, 6.45) is 1.05. The lowest BCUT2D eigenvalue weighted by atomic mass is 10.2. The Labute approximate surface area is 79.9 Å². The summed E-state index contributed by atoms with van der Waals surface area (Å²) in [4.78, 5) is 0. The van der Waals surface area contributed by atoms with Crippen LogP contribution in [-0.4, -0.2) is 6.61 Å². The zero-order valence-electron chi connectivity index (χ0n) is 8.12. The maximum Gasteiger partial charge on any atom is 0.119 e. The van der Waals surface area contributed by atoms with Crippen LogP contribution in [0.15, 0.2) is 24.3 Å². The number of nitrogens with two attached hydrogens (primary N) is 1. The molecule has 0 radical (unpaired) electrons. The monoisotopic (exact) mass is 179 g/mol. The lowest BCUT2D eigenvalue weighted by Crippen LogP contribution is -2.74. The summed E-state index contributed by atoms with van der Waals surface area (Å²) in [7, 11) is 3.70. The molecule has 0 saturated heterocycles. The van der Waals surface area contributed by atoms with Crippen molar-refractivity contribution in [1.82, 2.24) is 0 Å². The molecule has 0 aromatic heterocycles. The van der Waals surface area contributed by atoms with Crippen LogP contribution < -0.4 is 10.1 Å². The van der Waals surface area contributed by atoms with Crippen molar-refractivity contribution >= 4 is 0 Å². The van der Waals surface area contributed by atoms with Crippen LogP contribution in [0.2, 0.25) is 0 Å². The molecule has 2 heteroatoms. The predicted molar refractivity (Wildman–Crippen MR) is 53.2 cm³/mol. The van der Waals surface area contributed by atoms with Gasteiger partial charge in [0.05, 0.1) is 13.2 Å². The van der Waals surface area contributed by atoms with Crippen LogP contribution >= 0.6 is 0 Å². The van der Waals surface area contributed by atoms with Gasteiger partial charge in [0, 0.05) is 5.56 Å². The van der Waals surface area contributed by atoms with Gasteiger partial charge in [-0.25, -0.2) is 0 Å². The zero-order chi connectivity index (χ0) is 9.52. The van der Waals surface area contributed by atoms with Crippen LogP contribution in [0.1, 0.15) is 18.9 Å².